The summed E-state index contributed by atoms with van der Waals surface area (Å²) in [5.74, 6) is -1.20. The highest BCUT2D eigenvalue weighted by Gasteiger charge is 2.19. The van der Waals surface area contributed by atoms with Crippen molar-refractivity contribution in [3.63, 3.8) is 0 Å². The number of aliphatic carboxylic acids is 1. The lowest BCUT2D eigenvalue weighted by Crippen LogP contribution is -2.43. The minimum Gasteiger partial charge on any atom is -0.480 e. The summed E-state index contributed by atoms with van der Waals surface area (Å²) in [4.78, 5) is 21.9. The van der Waals surface area contributed by atoms with Gasteiger partial charge in [-0.2, -0.15) is 0 Å². The minimum absolute atomic E-state index is 0.0519. The normalized spacial score (nSPS) is 11.8. The third kappa shape index (κ3) is 3.79. The van der Waals surface area contributed by atoms with Crippen molar-refractivity contribution in [2.24, 2.45) is 0 Å². The van der Waals surface area contributed by atoms with Crippen LogP contribution in [0.15, 0.2) is 6.20 Å². The second-order valence-corrected chi connectivity index (χ2v) is 3.57. The van der Waals surface area contributed by atoms with E-state index in [1.165, 1.54) is 6.20 Å². The van der Waals surface area contributed by atoms with Crippen LogP contribution in [0.5, 0.6) is 0 Å². The van der Waals surface area contributed by atoms with Crippen molar-refractivity contribution < 1.29 is 19.8 Å². The van der Waals surface area contributed by atoms with Crippen LogP contribution in [0.2, 0.25) is 0 Å². The van der Waals surface area contributed by atoms with Crippen molar-refractivity contribution in [1.82, 2.24) is 14.9 Å². The van der Waals surface area contributed by atoms with E-state index >= 15 is 0 Å². The van der Waals surface area contributed by atoms with Crippen LogP contribution in [0, 0.1) is 0 Å². The lowest BCUT2D eigenvalue weighted by Gasteiger charge is -2.12. The Morgan fingerprint density at radius 3 is 2.81 bits per heavy atom. The summed E-state index contributed by atoms with van der Waals surface area (Å²) in [7, 11) is 0. The molecule has 4 N–H and O–H groups in total. The van der Waals surface area contributed by atoms with E-state index in [9.17, 15) is 9.59 Å². The number of amides is 2. The molecule has 0 aliphatic rings. The predicted molar refractivity (Wildman–Crippen MR) is 55.2 cm³/mol. The van der Waals surface area contributed by atoms with Gasteiger partial charge in [-0.15, -0.1) is 5.10 Å². The van der Waals surface area contributed by atoms with Gasteiger partial charge in [-0.25, -0.2) is 9.59 Å². The van der Waals surface area contributed by atoms with Crippen LogP contribution < -0.4 is 10.6 Å². The van der Waals surface area contributed by atoms with Crippen molar-refractivity contribution in [1.29, 1.82) is 0 Å². The van der Waals surface area contributed by atoms with E-state index in [-0.39, 0.29) is 13.0 Å². The molecule has 1 aromatic heterocycles. The molecule has 1 heterocycles. The van der Waals surface area contributed by atoms with Gasteiger partial charge in [0.05, 0.1) is 6.20 Å². The van der Waals surface area contributed by atoms with Crippen LogP contribution in [0.25, 0.3) is 0 Å². The molecule has 88 valence electrons. The number of anilines is 1. The van der Waals surface area contributed by atoms with Crippen molar-refractivity contribution >= 4 is 28.5 Å². The molecule has 1 atom stereocenters. The number of aromatic nitrogens is 2. The third-order valence-corrected chi connectivity index (χ3v) is 2.20. The molecule has 0 saturated heterocycles. The highest BCUT2D eigenvalue weighted by atomic mass is 32.1. The number of carboxylic acids is 1. The number of aliphatic hydroxyl groups excluding tert-OH is 1. The van der Waals surface area contributed by atoms with Gasteiger partial charge in [0.25, 0.3) is 0 Å². The maximum Gasteiger partial charge on any atom is 0.326 e. The predicted octanol–water partition coefficient (Wildman–Crippen LogP) is -0.505. The van der Waals surface area contributed by atoms with Gasteiger partial charge in [-0.1, -0.05) is 4.49 Å². The molecule has 2 amide bonds. The van der Waals surface area contributed by atoms with Crippen molar-refractivity contribution in [3.8, 4) is 0 Å². The first-order valence-corrected chi connectivity index (χ1v) is 5.09. The number of nitrogens with zero attached hydrogens (tertiary/aromatic N) is 2. The quantitative estimate of drug-likeness (QED) is 0.555. The fourth-order valence-corrected chi connectivity index (χ4v) is 1.33. The number of carboxylic acid groups (broad SMARTS) is 1. The molecule has 0 bridgehead atoms. The van der Waals surface area contributed by atoms with Gasteiger partial charge in [0.1, 0.15) is 11.0 Å². The molecule has 1 rings (SSSR count). The van der Waals surface area contributed by atoms with Gasteiger partial charge in [0.15, 0.2) is 0 Å². The zero-order valence-corrected chi connectivity index (χ0v) is 8.90. The monoisotopic (exact) mass is 246 g/mol. The lowest BCUT2D eigenvalue weighted by atomic mass is 10.2. The molecule has 9 heteroatoms. The first kappa shape index (κ1) is 12.3. The number of hydrogen-bond donors (Lipinski definition) is 4. The summed E-state index contributed by atoms with van der Waals surface area (Å²) in [5.41, 5.74) is 0. The van der Waals surface area contributed by atoms with Gasteiger partial charge in [0, 0.05) is 24.6 Å². The maximum atomic E-state index is 11.3. The molecule has 0 radical (unpaired) electrons. The maximum absolute atomic E-state index is 11.3. The number of hydrogen-bond acceptors (Lipinski definition) is 6. The Hall–Kier alpha value is -1.74. The Morgan fingerprint density at radius 2 is 2.31 bits per heavy atom. The fraction of sp³-hybridized carbons (Fsp3) is 0.429. The topological polar surface area (TPSA) is 124 Å². The van der Waals surface area contributed by atoms with E-state index in [2.05, 4.69) is 20.2 Å². The SMILES string of the molecule is O=C(Nc1cnns1)N[C@H](CCO)C(=O)O. The van der Waals surface area contributed by atoms with Crippen molar-refractivity contribution in [2.75, 3.05) is 11.9 Å². The molecular weight excluding hydrogens is 236 g/mol. The van der Waals surface area contributed by atoms with E-state index in [1.54, 1.807) is 0 Å². The van der Waals surface area contributed by atoms with Crippen LogP contribution in [-0.4, -0.2) is 44.4 Å². The average molecular weight is 246 g/mol. The molecule has 0 unspecified atom stereocenters. The highest BCUT2D eigenvalue weighted by molar-refractivity contribution is 7.10. The van der Waals surface area contributed by atoms with Gasteiger partial charge in [-0.3, -0.25) is 5.32 Å². The smallest absolute Gasteiger partial charge is 0.326 e. The second kappa shape index (κ2) is 5.98. The lowest BCUT2D eigenvalue weighted by molar-refractivity contribution is -0.139. The summed E-state index contributed by atoms with van der Waals surface area (Å²) >= 11 is 0.970. The van der Waals surface area contributed by atoms with Crippen LogP contribution in [0.1, 0.15) is 6.42 Å². The van der Waals surface area contributed by atoms with E-state index in [0.29, 0.717) is 5.00 Å². The van der Waals surface area contributed by atoms with Crippen LogP contribution in [0.3, 0.4) is 0 Å². The van der Waals surface area contributed by atoms with Gasteiger partial charge in [-0.05, 0) is 0 Å². The Labute approximate surface area is 94.5 Å². The first-order valence-electron chi connectivity index (χ1n) is 4.32. The standard InChI is InChI=1S/C7H10N4O4S/c12-2-1-4(6(13)14)9-7(15)10-5-3-8-11-16-5/h3-4,12H,1-2H2,(H,13,14)(H2,9,10,15)/t4-/m1/s1. The number of nitrogens with one attached hydrogen (secondary N) is 2. The Balaban J connectivity index is 2.45. The summed E-state index contributed by atoms with van der Waals surface area (Å²) < 4.78 is 3.52. The zero-order valence-electron chi connectivity index (χ0n) is 8.08. The molecule has 0 aliphatic heterocycles. The molecule has 1 aromatic rings. The minimum atomic E-state index is -1.20. The van der Waals surface area contributed by atoms with Gasteiger partial charge in [0.2, 0.25) is 0 Å². The molecular formula is C7H10N4O4S. The van der Waals surface area contributed by atoms with Crippen LogP contribution in [0.4, 0.5) is 9.80 Å². The number of rotatable bonds is 5. The summed E-state index contributed by atoms with van der Waals surface area (Å²) in [5, 5.41) is 25.8. The van der Waals surface area contributed by atoms with Crippen molar-refractivity contribution in [3.05, 3.63) is 6.20 Å². The third-order valence-electron chi connectivity index (χ3n) is 1.62. The fourth-order valence-electron chi connectivity index (χ4n) is 0.915. The van der Waals surface area contributed by atoms with E-state index in [0.717, 1.165) is 11.5 Å². The van der Waals surface area contributed by atoms with Crippen LogP contribution >= 0.6 is 11.5 Å². The second-order valence-electron chi connectivity index (χ2n) is 2.78. The molecule has 8 nitrogen and oxygen atoms in total. The number of carbonyl (C=O) groups excluding carboxylic acids is 1. The largest absolute Gasteiger partial charge is 0.480 e. The Morgan fingerprint density at radius 1 is 1.56 bits per heavy atom. The molecule has 0 saturated carbocycles. The van der Waals surface area contributed by atoms with E-state index < -0.39 is 18.0 Å². The number of aliphatic hydroxyl groups is 1. The van der Waals surface area contributed by atoms with Crippen molar-refractivity contribution in [2.45, 2.75) is 12.5 Å². The number of carbonyl (C=O) groups is 2. The van der Waals surface area contributed by atoms with Gasteiger partial charge < -0.3 is 15.5 Å². The summed E-state index contributed by atoms with van der Waals surface area (Å²) in [6, 6.07) is -1.79. The van der Waals surface area contributed by atoms with Crippen LogP contribution in [-0.2, 0) is 4.79 Å². The molecule has 0 spiro atoms. The zero-order chi connectivity index (χ0) is 12.0. The summed E-state index contributed by atoms with van der Waals surface area (Å²) in [6.45, 7) is -0.320. The van der Waals surface area contributed by atoms with E-state index in [1.807, 2.05) is 0 Å². The first-order chi connectivity index (χ1) is 7.63. The highest BCUT2D eigenvalue weighted by Crippen LogP contribution is 2.08. The molecule has 0 aromatic carbocycles. The van der Waals surface area contributed by atoms with E-state index in [4.69, 9.17) is 10.2 Å². The molecule has 16 heavy (non-hydrogen) atoms. The average Bonchev–Trinajstić information content (AvgIpc) is 2.69. The molecule has 0 fully saturated rings. The Kier molecular flexibility index (Phi) is 4.61. The van der Waals surface area contributed by atoms with Gasteiger partial charge >= 0.3 is 12.0 Å². The molecule has 0 aliphatic carbocycles. The summed E-state index contributed by atoms with van der Waals surface area (Å²) in [6.07, 6.45) is 1.29. The number of urea groups is 1. The Bertz CT molecular complexity index is 355.